The molecule has 0 aromatic rings. The Balaban J connectivity index is 1.72. The van der Waals surface area contributed by atoms with Crippen LogP contribution in [0.4, 0.5) is 0 Å². The number of aliphatic hydroxyl groups is 2. The number of rotatable bonds is 7. The monoisotopic (exact) mass is 297 g/mol. The van der Waals surface area contributed by atoms with Gasteiger partial charge in [0.1, 0.15) is 0 Å². The van der Waals surface area contributed by atoms with Crippen molar-refractivity contribution in [1.29, 1.82) is 0 Å². The number of aliphatic hydroxyl groups excluding tert-OH is 2. The molecule has 0 amide bonds. The van der Waals surface area contributed by atoms with Crippen LogP contribution in [0.2, 0.25) is 0 Å². The molecule has 1 saturated heterocycles. The predicted octanol–water partition coefficient (Wildman–Crippen LogP) is 3.24. The number of hydrogen-bond acceptors (Lipinski definition) is 3. The standard InChI is InChI=1S/C18H35NO2/c1-3-7-15(20)10-5-4-8-14-9-6-11-17-16(14)12-18(21)13(2)19-17/h13-21H,3-12H2,1-2H3/t13-,14-,15+,16-,17+,18+/m1/s1. The molecule has 0 unspecified atom stereocenters. The van der Waals surface area contributed by atoms with Crippen LogP contribution in [0.25, 0.3) is 0 Å². The van der Waals surface area contributed by atoms with Gasteiger partial charge in [-0.1, -0.05) is 45.4 Å². The summed E-state index contributed by atoms with van der Waals surface area (Å²) in [7, 11) is 0. The zero-order valence-electron chi connectivity index (χ0n) is 13.9. The van der Waals surface area contributed by atoms with Gasteiger partial charge in [-0.05, 0) is 44.4 Å². The second-order valence-corrected chi connectivity index (χ2v) is 7.45. The first kappa shape index (κ1) is 17.2. The minimum absolute atomic E-state index is 0.0897. The second kappa shape index (κ2) is 8.50. The summed E-state index contributed by atoms with van der Waals surface area (Å²) in [6.45, 7) is 4.24. The third-order valence-electron chi connectivity index (χ3n) is 5.76. The van der Waals surface area contributed by atoms with Gasteiger partial charge in [0, 0.05) is 12.1 Å². The lowest BCUT2D eigenvalue weighted by molar-refractivity contribution is 0.0123. The minimum Gasteiger partial charge on any atom is -0.393 e. The van der Waals surface area contributed by atoms with Gasteiger partial charge in [0.25, 0.3) is 0 Å². The van der Waals surface area contributed by atoms with Crippen LogP contribution in [0.15, 0.2) is 0 Å². The highest BCUT2D eigenvalue weighted by atomic mass is 16.3. The number of unbranched alkanes of at least 4 members (excludes halogenated alkanes) is 1. The summed E-state index contributed by atoms with van der Waals surface area (Å²) in [4.78, 5) is 0. The maximum atomic E-state index is 10.1. The maximum absolute atomic E-state index is 10.1. The van der Waals surface area contributed by atoms with Crippen molar-refractivity contribution in [2.24, 2.45) is 11.8 Å². The van der Waals surface area contributed by atoms with E-state index in [1.165, 1.54) is 32.1 Å². The number of piperidine rings is 1. The Morgan fingerprint density at radius 1 is 1.19 bits per heavy atom. The predicted molar refractivity (Wildman–Crippen MR) is 87.2 cm³/mol. The number of fused-ring (bicyclic) bond motifs is 1. The molecule has 3 nitrogen and oxygen atoms in total. The summed E-state index contributed by atoms with van der Waals surface area (Å²) in [6, 6.07) is 0.891. The van der Waals surface area contributed by atoms with E-state index < -0.39 is 0 Å². The lowest BCUT2D eigenvalue weighted by Gasteiger charge is -2.46. The molecule has 3 N–H and O–H groups in total. The van der Waals surface area contributed by atoms with E-state index in [9.17, 15) is 10.2 Å². The lowest BCUT2D eigenvalue weighted by atomic mass is 9.68. The van der Waals surface area contributed by atoms with Gasteiger partial charge in [0.05, 0.1) is 12.2 Å². The Labute approximate surface area is 130 Å². The van der Waals surface area contributed by atoms with Crippen LogP contribution in [0.3, 0.4) is 0 Å². The molecule has 0 bridgehead atoms. The van der Waals surface area contributed by atoms with Gasteiger partial charge in [0.2, 0.25) is 0 Å². The van der Waals surface area contributed by atoms with Gasteiger partial charge in [0.15, 0.2) is 0 Å². The van der Waals surface area contributed by atoms with Gasteiger partial charge in [-0.25, -0.2) is 0 Å². The van der Waals surface area contributed by atoms with Crippen LogP contribution in [0, 0.1) is 11.8 Å². The topological polar surface area (TPSA) is 52.5 Å². The fraction of sp³-hybridized carbons (Fsp3) is 1.00. The van der Waals surface area contributed by atoms with Crippen LogP contribution in [-0.2, 0) is 0 Å². The lowest BCUT2D eigenvalue weighted by Crippen LogP contribution is -2.56. The zero-order chi connectivity index (χ0) is 15.2. The van der Waals surface area contributed by atoms with Crippen LogP contribution in [-0.4, -0.2) is 34.5 Å². The summed E-state index contributed by atoms with van der Waals surface area (Å²) in [6.07, 6.45) is 11.3. The van der Waals surface area contributed by atoms with Crippen molar-refractivity contribution in [3.63, 3.8) is 0 Å². The largest absolute Gasteiger partial charge is 0.393 e. The molecular weight excluding hydrogens is 262 g/mol. The molecule has 21 heavy (non-hydrogen) atoms. The van der Waals surface area contributed by atoms with E-state index in [-0.39, 0.29) is 18.2 Å². The van der Waals surface area contributed by atoms with E-state index in [1.807, 2.05) is 0 Å². The molecule has 1 heterocycles. The third-order valence-corrected chi connectivity index (χ3v) is 5.76. The van der Waals surface area contributed by atoms with E-state index in [0.29, 0.717) is 12.0 Å². The molecular formula is C18H35NO2. The first-order valence-electron chi connectivity index (χ1n) is 9.24. The summed E-state index contributed by atoms with van der Waals surface area (Å²) >= 11 is 0. The average molecular weight is 297 g/mol. The van der Waals surface area contributed by atoms with Crippen molar-refractivity contribution in [3.8, 4) is 0 Å². The average Bonchev–Trinajstić information content (AvgIpc) is 2.45. The summed E-state index contributed by atoms with van der Waals surface area (Å²) in [5.74, 6) is 1.45. The first-order valence-corrected chi connectivity index (χ1v) is 9.24. The molecule has 1 aliphatic carbocycles. The van der Waals surface area contributed by atoms with E-state index in [2.05, 4.69) is 19.2 Å². The van der Waals surface area contributed by atoms with Crippen LogP contribution < -0.4 is 5.32 Å². The molecule has 124 valence electrons. The second-order valence-electron chi connectivity index (χ2n) is 7.45. The van der Waals surface area contributed by atoms with Crippen molar-refractivity contribution >= 4 is 0 Å². The van der Waals surface area contributed by atoms with Crippen molar-refractivity contribution in [2.75, 3.05) is 0 Å². The van der Waals surface area contributed by atoms with E-state index in [1.54, 1.807) is 0 Å². The Morgan fingerprint density at radius 2 is 2.00 bits per heavy atom. The van der Waals surface area contributed by atoms with Gasteiger partial charge in [-0.2, -0.15) is 0 Å². The molecule has 0 aromatic heterocycles. The quantitative estimate of drug-likeness (QED) is 0.632. The van der Waals surface area contributed by atoms with E-state index in [0.717, 1.165) is 38.0 Å². The third kappa shape index (κ3) is 4.94. The van der Waals surface area contributed by atoms with E-state index >= 15 is 0 Å². The SMILES string of the molecule is CCC[C@H](O)CCCC[C@@H]1CCC[C@@H]2N[C@H](C)[C@@H](O)C[C@H]12. The summed E-state index contributed by atoms with van der Waals surface area (Å²) < 4.78 is 0. The minimum atomic E-state index is -0.168. The number of hydrogen-bond donors (Lipinski definition) is 3. The highest BCUT2D eigenvalue weighted by molar-refractivity contribution is 4.95. The van der Waals surface area contributed by atoms with Crippen molar-refractivity contribution < 1.29 is 10.2 Å². The molecule has 2 rings (SSSR count). The smallest absolute Gasteiger partial charge is 0.0693 e. The summed E-state index contributed by atoms with van der Waals surface area (Å²) in [5.41, 5.74) is 0. The van der Waals surface area contributed by atoms with Crippen molar-refractivity contribution in [3.05, 3.63) is 0 Å². The van der Waals surface area contributed by atoms with Gasteiger partial charge >= 0.3 is 0 Å². The highest BCUT2D eigenvalue weighted by Gasteiger charge is 2.39. The molecule has 0 spiro atoms. The first-order chi connectivity index (χ1) is 10.1. The van der Waals surface area contributed by atoms with E-state index in [4.69, 9.17) is 0 Å². The fourth-order valence-corrected chi connectivity index (χ4v) is 4.47. The van der Waals surface area contributed by atoms with Crippen LogP contribution >= 0.6 is 0 Å². The molecule has 2 aliphatic rings. The Bertz CT molecular complexity index is 297. The molecule has 3 heteroatoms. The van der Waals surface area contributed by atoms with Crippen molar-refractivity contribution in [1.82, 2.24) is 5.32 Å². The molecule has 6 atom stereocenters. The van der Waals surface area contributed by atoms with Gasteiger partial charge in [-0.15, -0.1) is 0 Å². The van der Waals surface area contributed by atoms with Gasteiger partial charge < -0.3 is 15.5 Å². The van der Waals surface area contributed by atoms with Gasteiger partial charge in [-0.3, -0.25) is 0 Å². The molecule has 0 radical (unpaired) electrons. The molecule has 1 aliphatic heterocycles. The fourth-order valence-electron chi connectivity index (χ4n) is 4.47. The molecule has 0 aromatic carbocycles. The summed E-state index contributed by atoms with van der Waals surface area (Å²) in [5, 5.41) is 23.6. The normalized spacial score (nSPS) is 38.0. The van der Waals surface area contributed by atoms with Crippen LogP contribution in [0.5, 0.6) is 0 Å². The maximum Gasteiger partial charge on any atom is 0.0693 e. The molecule has 2 fully saturated rings. The molecule has 1 saturated carbocycles. The Hall–Kier alpha value is -0.120. The van der Waals surface area contributed by atoms with Crippen molar-refractivity contribution in [2.45, 2.75) is 102 Å². The number of nitrogens with one attached hydrogen (secondary N) is 1. The zero-order valence-corrected chi connectivity index (χ0v) is 13.9. The highest BCUT2D eigenvalue weighted by Crippen LogP contribution is 2.39. The Morgan fingerprint density at radius 3 is 2.76 bits per heavy atom. The van der Waals surface area contributed by atoms with Crippen LogP contribution in [0.1, 0.15) is 78.1 Å². The Kier molecular flexibility index (Phi) is 6.97.